The Labute approximate surface area is 102 Å². The van der Waals surface area contributed by atoms with Crippen molar-refractivity contribution in [1.29, 1.82) is 0 Å². The average molecular weight is 239 g/mol. The highest BCUT2D eigenvalue weighted by Crippen LogP contribution is 2.10. The molecule has 0 aromatic carbocycles. The maximum Gasteiger partial charge on any atom is 0.244 e. The van der Waals surface area contributed by atoms with Gasteiger partial charge in [-0.3, -0.25) is 5.10 Å². The van der Waals surface area contributed by atoms with Crippen LogP contribution >= 0.6 is 0 Å². The van der Waals surface area contributed by atoms with Crippen LogP contribution in [0.5, 0.6) is 0 Å². The van der Waals surface area contributed by atoms with Gasteiger partial charge >= 0.3 is 0 Å². The van der Waals surface area contributed by atoms with Crippen molar-refractivity contribution in [2.45, 2.75) is 26.3 Å². The largest absolute Gasteiger partial charge is 0.381 e. The van der Waals surface area contributed by atoms with Crippen LogP contribution in [0.2, 0.25) is 0 Å². The van der Waals surface area contributed by atoms with Gasteiger partial charge in [0.25, 0.3) is 0 Å². The summed E-state index contributed by atoms with van der Waals surface area (Å²) < 4.78 is 5.30. The fraction of sp³-hybridized carbons (Fsp3) is 0.818. The quantitative estimate of drug-likeness (QED) is 0.718. The molecule has 0 unspecified atom stereocenters. The highest BCUT2D eigenvalue weighted by Gasteiger charge is 2.18. The molecule has 1 aliphatic rings. The van der Waals surface area contributed by atoms with Crippen molar-refractivity contribution in [1.82, 2.24) is 20.5 Å². The molecule has 1 aliphatic heterocycles. The van der Waals surface area contributed by atoms with Gasteiger partial charge in [-0.2, -0.15) is 4.98 Å². The first-order valence-corrected chi connectivity index (χ1v) is 6.27. The molecule has 6 nitrogen and oxygen atoms in total. The minimum Gasteiger partial charge on any atom is -0.381 e. The Hall–Kier alpha value is -1.14. The number of hydrogen-bond acceptors (Lipinski definition) is 5. The number of aromatic amines is 1. The number of nitrogens with one attached hydrogen (secondary N) is 2. The third-order valence-electron chi connectivity index (χ3n) is 2.86. The molecule has 0 amide bonds. The van der Waals surface area contributed by atoms with Crippen molar-refractivity contribution in [2.75, 3.05) is 37.7 Å². The van der Waals surface area contributed by atoms with Crippen molar-refractivity contribution in [2.24, 2.45) is 0 Å². The molecule has 2 heterocycles. The maximum absolute atomic E-state index is 5.30. The molecule has 0 aliphatic carbocycles. The Bertz CT molecular complexity index is 340. The summed E-state index contributed by atoms with van der Waals surface area (Å²) in [4.78, 5) is 6.70. The third kappa shape index (κ3) is 3.41. The number of H-pyrrole nitrogens is 1. The van der Waals surface area contributed by atoms with Gasteiger partial charge in [-0.1, -0.05) is 0 Å². The van der Waals surface area contributed by atoms with E-state index < -0.39 is 0 Å². The van der Waals surface area contributed by atoms with Crippen molar-refractivity contribution >= 4 is 5.95 Å². The molecule has 1 atom stereocenters. The zero-order chi connectivity index (χ0) is 12.1. The van der Waals surface area contributed by atoms with Gasteiger partial charge < -0.3 is 15.0 Å². The second-order valence-electron chi connectivity index (χ2n) is 4.33. The summed E-state index contributed by atoms with van der Waals surface area (Å²) in [7, 11) is 0. The Morgan fingerprint density at radius 3 is 3.18 bits per heavy atom. The van der Waals surface area contributed by atoms with Gasteiger partial charge in [0.15, 0.2) is 0 Å². The number of aromatic nitrogens is 3. The van der Waals surface area contributed by atoms with Gasteiger partial charge in [0, 0.05) is 38.7 Å². The summed E-state index contributed by atoms with van der Waals surface area (Å²) in [5.74, 6) is 1.71. The molecule has 1 aromatic heterocycles. The Morgan fingerprint density at radius 1 is 1.53 bits per heavy atom. The summed E-state index contributed by atoms with van der Waals surface area (Å²) in [6, 6.07) is 0.495. The van der Waals surface area contributed by atoms with Gasteiger partial charge in [-0.15, -0.1) is 5.10 Å². The summed E-state index contributed by atoms with van der Waals surface area (Å²) in [6.07, 6.45) is 0.794. The molecule has 1 saturated heterocycles. The number of ether oxygens (including phenoxy) is 1. The lowest BCUT2D eigenvalue weighted by Crippen LogP contribution is -2.49. The second-order valence-corrected chi connectivity index (χ2v) is 4.33. The van der Waals surface area contributed by atoms with E-state index in [1.54, 1.807) is 0 Å². The van der Waals surface area contributed by atoms with E-state index in [4.69, 9.17) is 4.74 Å². The van der Waals surface area contributed by atoms with Gasteiger partial charge in [0.05, 0.1) is 6.61 Å². The number of anilines is 1. The normalized spacial score (nSPS) is 20.8. The molecule has 96 valence electrons. The van der Waals surface area contributed by atoms with Crippen LogP contribution in [-0.2, 0) is 11.2 Å². The molecule has 17 heavy (non-hydrogen) atoms. The van der Waals surface area contributed by atoms with Crippen LogP contribution in [0.1, 0.15) is 19.7 Å². The highest BCUT2D eigenvalue weighted by molar-refractivity contribution is 5.30. The summed E-state index contributed by atoms with van der Waals surface area (Å²) in [5, 5.41) is 10.6. The van der Waals surface area contributed by atoms with Crippen LogP contribution in [0.15, 0.2) is 0 Å². The van der Waals surface area contributed by atoms with Crippen molar-refractivity contribution in [3.8, 4) is 0 Å². The van der Waals surface area contributed by atoms with Gasteiger partial charge in [-0.25, -0.2) is 0 Å². The standard InChI is InChI=1S/C11H21N5O/c1-3-17-7-4-10-13-11(15-14-10)16-6-5-12-9(2)8-16/h9,12H,3-8H2,1-2H3,(H,13,14,15)/t9-/m0/s1. The maximum atomic E-state index is 5.30. The summed E-state index contributed by atoms with van der Waals surface area (Å²) in [6.45, 7) is 8.53. The Kier molecular flexibility index (Phi) is 4.33. The molecule has 0 spiro atoms. The first-order valence-electron chi connectivity index (χ1n) is 6.27. The van der Waals surface area contributed by atoms with E-state index in [1.807, 2.05) is 6.92 Å². The van der Waals surface area contributed by atoms with E-state index in [9.17, 15) is 0 Å². The zero-order valence-corrected chi connectivity index (χ0v) is 10.6. The Balaban J connectivity index is 1.88. The van der Waals surface area contributed by atoms with E-state index in [1.165, 1.54) is 0 Å². The fourth-order valence-electron chi connectivity index (χ4n) is 1.97. The first kappa shape index (κ1) is 12.3. The number of piperazine rings is 1. The third-order valence-corrected chi connectivity index (χ3v) is 2.86. The number of rotatable bonds is 5. The van der Waals surface area contributed by atoms with E-state index in [0.717, 1.165) is 44.4 Å². The highest BCUT2D eigenvalue weighted by atomic mass is 16.5. The minimum atomic E-state index is 0.495. The fourth-order valence-corrected chi connectivity index (χ4v) is 1.97. The zero-order valence-electron chi connectivity index (χ0n) is 10.6. The molecule has 6 heteroatoms. The van der Waals surface area contributed by atoms with Gasteiger partial charge in [0.2, 0.25) is 5.95 Å². The van der Waals surface area contributed by atoms with E-state index in [-0.39, 0.29) is 0 Å². The molecule has 2 N–H and O–H groups in total. The molecular weight excluding hydrogens is 218 g/mol. The van der Waals surface area contributed by atoms with Crippen molar-refractivity contribution in [3.05, 3.63) is 5.82 Å². The van der Waals surface area contributed by atoms with Crippen LogP contribution in [0, 0.1) is 0 Å². The minimum absolute atomic E-state index is 0.495. The predicted molar refractivity (Wildman–Crippen MR) is 66.3 cm³/mol. The van der Waals surface area contributed by atoms with Crippen LogP contribution in [-0.4, -0.2) is 54.1 Å². The summed E-state index contributed by atoms with van der Waals surface area (Å²) >= 11 is 0. The van der Waals surface area contributed by atoms with Crippen LogP contribution < -0.4 is 10.2 Å². The first-order chi connectivity index (χ1) is 8.29. The Morgan fingerprint density at radius 2 is 2.41 bits per heavy atom. The van der Waals surface area contributed by atoms with Crippen LogP contribution in [0.4, 0.5) is 5.95 Å². The molecule has 2 rings (SSSR count). The van der Waals surface area contributed by atoms with Gasteiger partial charge in [-0.05, 0) is 13.8 Å². The predicted octanol–water partition coefficient (Wildman–Crippen LogP) is 0.182. The SMILES string of the molecule is CCOCCc1nc(N2CCN[C@@H](C)C2)n[nH]1. The smallest absolute Gasteiger partial charge is 0.244 e. The molecular formula is C11H21N5O. The molecule has 1 fully saturated rings. The number of hydrogen-bond donors (Lipinski definition) is 2. The summed E-state index contributed by atoms with van der Waals surface area (Å²) in [5.41, 5.74) is 0. The van der Waals surface area contributed by atoms with E-state index in [2.05, 4.69) is 32.3 Å². The lowest BCUT2D eigenvalue weighted by atomic mass is 10.2. The molecule has 1 aromatic rings. The van der Waals surface area contributed by atoms with Crippen molar-refractivity contribution in [3.63, 3.8) is 0 Å². The number of nitrogens with zero attached hydrogens (tertiary/aromatic N) is 3. The molecule has 0 saturated carbocycles. The van der Waals surface area contributed by atoms with Gasteiger partial charge in [0.1, 0.15) is 5.82 Å². The van der Waals surface area contributed by atoms with Crippen LogP contribution in [0.25, 0.3) is 0 Å². The van der Waals surface area contributed by atoms with E-state index in [0.29, 0.717) is 12.6 Å². The molecule has 0 radical (unpaired) electrons. The second kappa shape index (κ2) is 5.97. The topological polar surface area (TPSA) is 66.1 Å². The van der Waals surface area contributed by atoms with Crippen molar-refractivity contribution < 1.29 is 4.74 Å². The van der Waals surface area contributed by atoms with E-state index >= 15 is 0 Å². The van der Waals surface area contributed by atoms with Crippen LogP contribution in [0.3, 0.4) is 0 Å². The lowest BCUT2D eigenvalue weighted by molar-refractivity contribution is 0.149. The average Bonchev–Trinajstić information content (AvgIpc) is 2.78. The monoisotopic (exact) mass is 239 g/mol. The molecule has 0 bridgehead atoms. The lowest BCUT2D eigenvalue weighted by Gasteiger charge is -2.30.